The van der Waals surface area contributed by atoms with E-state index in [9.17, 15) is 4.79 Å². The quantitative estimate of drug-likeness (QED) is 0.349. The highest BCUT2D eigenvalue weighted by Crippen LogP contribution is 2.31. The van der Waals surface area contributed by atoms with Gasteiger partial charge in [0, 0.05) is 0 Å². The predicted octanol–water partition coefficient (Wildman–Crippen LogP) is -1.17. The number of carbonyl (C=O) groups is 1. The van der Waals surface area contributed by atoms with Gasteiger partial charge in [-0.15, -0.1) is 0 Å². The second-order valence-corrected chi connectivity index (χ2v) is 3.52. The van der Waals surface area contributed by atoms with Gasteiger partial charge in [0.05, 0.1) is 12.6 Å². The summed E-state index contributed by atoms with van der Waals surface area (Å²) >= 11 is 0. The number of hydrogen-bond donors (Lipinski definition) is 1. The van der Waals surface area contributed by atoms with Crippen LogP contribution in [0.3, 0.4) is 0 Å². The second-order valence-electron chi connectivity index (χ2n) is 3.05. The number of carbonyl (C=O) groups excluding carboxylic acids is 1. The number of aliphatic hydroxyl groups excluding tert-OH is 1. The first-order valence-corrected chi connectivity index (χ1v) is 4.91. The second kappa shape index (κ2) is 3.44. The number of ether oxygens (including phenoxy) is 3. The number of fused-ring (bicyclic) bond motifs is 1. The molecule has 0 bridgehead atoms. The van der Waals surface area contributed by atoms with E-state index in [1.54, 1.807) is 0 Å². The van der Waals surface area contributed by atoms with E-state index in [1.807, 2.05) is 0 Å². The summed E-state index contributed by atoms with van der Waals surface area (Å²) in [6, 6.07) is -0.182. The molecule has 0 saturated carbocycles. The average molecular weight is 204 g/mol. The molecule has 13 heavy (non-hydrogen) atoms. The summed E-state index contributed by atoms with van der Waals surface area (Å²) < 4.78 is 15.2. The molecule has 5 atom stereocenters. The molecule has 0 aliphatic carbocycles. The maximum Gasteiger partial charge on any atom is 0.509 e. The molecule has 5 nitrogen and oxygen atoms in total. The van der Waals surface area contributed by atoms with Crippen LogP contribution < -0.4 is 0 Å². The molecule has 0 aromatic carbocycles. The Morgan fingerprint density at radius 2 is 2.15 bits per heavy atom. The van der Waals surface area contributed by atoms with Gasteiger partial charge in [0.25, 0.3) is 0 Å². The van der Waals surface area contributed by atoms with Gasteiger partial charge in [-0.1, -0.05) is 0 Å². The summed E-state index contributed by atoms with van der Waals surface area (Å²) in [7, 11) is 2.51. The van der Waals surface area contributed by atoms with Crippen molar-refractivity contribution >= 4 is 22.3 Å². The average Bonchev–Trinajstić information content (AvgIpc) is 2.61. The monoisotopic (exact) mass is 204 g/mol. The Morgan fingerprint density at radius 1 is 1.46 bits per heavy atom. The van der Waals surface area contributed by atoms with Crippen LogP contribution in [0.5, 0.6) is 0 Å². The molecule has 72 valence electrons. The van der Waals surface area contributed by atoms with Crippen LogP contribution in [0.1, 0.15) is 0 Å². The standard InChI is InChI=1S/C6H10BO5P/c8-1-2-3-4(5(7-13)10-2)12-6(9)11-3/h2-5,7-8H,1,13H2/t2-,3?,4+,5-/m1/s1. The zero-order valence-corrected chi connectivity index (χ0v) is 8.04. The highest BCUT2D eigenvalue weighted by Gasteiger charge is 2.53. The van der Waals surface area contributed by atoms with Crippen molar-refractivity contribution in [1.82, 2.24) is 0 Å². The van der Waals surface area contributed by atoms with Crippen LogP contribution in [-0.4, -0.2) is 49.2 Å². The van der Waals surface area contributed by atoms with E-state index in [0.29, 0.717) is 7.00 Å². The van der Waals surface area contributed by atoms with E-state index in [4.69, 9.17) is 19.3 Å². The van der Waals surface area contributed by atoms with Crippen LogP contribution in [0.4, 0.5) is 4.79 Å². The molecule has 0 aromatic heterocycles. The fraction of sp³-hybridized carbons (Fsp3) is 0.833. The third-order valence-electron chi connectivity index (χ3n) is 2.28. The van der Waals surface area contributed by atoms with Gasteiger partial charge in [0.1, 0.15) is 6.10 Å². The molecule has 0 radical (unpaired) electrons. The molecule has 2 unspecified atom stereocenters. The van der Waals surface area contributed by atoms with Gasteiger partial charge in [0.2, 0.25) is 0 Å². The van der Waals surface area contributed by atoms with E-state index in [0.717, 1.165) is 0 Å². The maximum atomic E-state index is 10.8. The Bertz CT molecular complexity index is 205. The molecule has 2 aliphatic heterocycles. The van der Waals surface area contributed by atoms with Crippen molar-refractivity contribution in [1.29, 1.82) is 0 Å². The molecule has 2 fully saturated rings. The third kappa shape index (κ3) is 1.43. The first kappa shape index (κ1) is 9.25. The van der Waals surface area contributed by atoms with E-state index >= 15 is 0 Å². The molecule has 2 heterocycles. The highest BCUT2D eigenvalue weighted by atomic mass is 31.0. The Morgan fingerprint density at radius 3 is 2.77 bits per heavy atom. The molecule has 2 rings (SSSR count). The summed E-state index contributed by atoms with van der Waals surface area (Å²) in [6.45, 7) is 0.507. The molecule has 0 amide bonds. The van der Waals surface area contributed by atoms with Crippen LogP contribution in [0, 0.1) is 0 Å². The van der Waals surface area contributed by atoms with Crippen molar-refractivity contribution in [2.24, 2.45) is 0 Å². The zero-order chi connectivity index (χ0) is 9.42. The van der Waals surface area contributed by atoms with E-state index in [1.165, 1.54) is 0 Å². The van der Waals surface area contributed by atoms with E-state index < -0.39 is 18.4 Å². The van der Waals surface area contributed by atoms with Gasteiger partial charge in [-0.3, -0.25) is 0 Å². The lowest BCUT2D eigenvalue weighted by molar-refractivity contribution is -0.0192. The predicted molar refractivity (Wildman–Crippen MR) is 47.7 cm³/mol. The SMILES string of the molecule is O=C1OC2[C@@H](CO)O[C@@H](BP)[C@H]2O1. The minimum absolute atomic E-state index is 0.154. The van der Waals surface area contributed by atoms with Gasteiger partial charge in [-0.25, -0.2) is 4.79 Å². The largest absolute Gasteiger partial charge is 0.509 e. The van der Waals surface area contributed by atoms with Crippen LogP contribution >= 0.6 is 9.12 Å². The maximum absolute atomic E-state index is 10.8. The number of rotatable bonds is 2. The first-order chi connectivity index (χ1) is 6.26. The van der Waals surface area contributed by atoms with Gasteiger partial charge >= 0.3 is 6.16 Å². The minimum Gasteiger partial charge on any atom is -0.425 e. The molecule has 2 aliphatic rings. The Labute approximate surface area is 78.1 Å². The van der Waals surface area contributed by atoms with Gasteiger partial charge < -0.3 is 19.3 Å². The molecule has 2 saturated heterocycles. The van der Waals surface area contributed by atoms with E-state index in [2.05, 4.69) is 9.12 Å². The number of hydrogen-bond acceptors (Lipinski definition) is 5. The Balaban J connectivity index is 2.11. The Kier molecular flexibility index (Phi) is 2.45. The van der Waals surface area contributed by atoms with Gasteiger partial charge in [-0.05, 0) is 0 Å². The Hall–Kier alpha value is -0.315. The lowest BCUT2D eigenvalue weighted by atomic mass is 9.91. The fourth-order valence-electron chi connectivity index (χ4n) is 1.68. The lowest BCUT2D eigenvalue weighted by Gasteiger charge is -2.12. The van der Waals surface area contributed by atoms with Gasteiger partial charge in [-0.2, -0.15) is 9.12 Å². The molecule has 0 aromatic rings. The lowest BCUT2D eigenvalue weighted by Crippen LogP contribution is -2.32. The van der Waals surface area contributed by atoms with Crippen LogP contribution in [-0.2, 0) is 14.2 Å². The molecule has 7 heteroatoms. The zero-order valence-electron chi connectivity index (χ0n) is 6.88. The summed E-state index contributed by atoms with van der Waals surface area (Å²) in [6.07, 6.45) is -1.91. The van der Waals surface area contributed by atoms with Crippen LogP contribution in [0.2, 0.25) is 0 Å². The third-order valence-corrected chi connectivity index (χ3v) is 2.75. The molecule has 1 N–H and O–H groups in total. The van der Waals surface area contributed by atoms with Crippen molar-refractivity contribution < 1.29 is 24.1 Å². The summed E-state index contributed by atoms with van der Waals surface area (Å²) in [5.41, 5.74) is 0. The van der Waals surface area contributed by atoms with Crippen molar-refractivity contribution in [3.8, 4) is 0 Å². The van der Waals surface area contributed by atoms with Crippen LogP contribution in [0.15, 0.2) is 0 Å². The van der Waals surface area contributed by atoms with Crippen molar-refractivity contribution in [2.45, 2.75) is 24.3 Å². The smallest absolute Gasteiger partial charge is 0.425 e. The fourth-order valence-corrected chi connectivity index (χ4v) is 2.05. The highest BCUT2D eigenvalue weighted by molar-refractivity contribution is 7.56. The normalized spacial score (nSPS) is 42.5. The van der Waals surface area contributed by atoms with Crippen LogP contribution in [0.25, 0.3) is 0 Å². The first-order valence-electron chi connectivity index (χ1n) is 4.10. The minimum atomic E-state index is -0.666. The summed E-state index contributed by atoms with van der Waals surface area (Å²) in [5, 5.41) is 8.93. The number of aliphatic hydroxyl groups is 1. The summed E-state index contributed by atoms with van der Waals surface area (Å²) in [4.78, 5) is 10.8. The van der Waals surface area contributed by atoms with Crippen molar-refractivity contribution in [3.63, 3.8) is 0 Å². The molecule has 0 spiro atoms. The topological polar surface area (TPSA) is 65.0 Å². The molecular weight excluding hydrogens is 194 g/mol. The van der Waals surface area contributed by atoms with Gasteiger partial charge in [0.15, 0.2) is 19.2 Å². The van der Waals surface area contributed by atoms with Crippen molar-refractivity contribution in [2.75, 3.05) is 6.61 Å². The van der Waals surface area contributed by atoms with Crippen molar-refractivity contribution in [3.05, 3.63) is 0 Å². The summed E-state index contributed by atoms with van der Waals surface area (Å²) in [5.74, 6) is 0. The van der Waals surface area contributed by atoms with E-state index in [-0.39, 0.29) is 18.7 Å². The molecular formula is C6H10BO5P.